The van der Waals surface area contributed by atoms with Crippen molar-refractivity contribution in [2.24, 2.45) is 11.8 Å². The molecule has 1 N–H and O–H groups in total. The van der Waals surface area contributed by atoms with Gasteiger partial charge in [-0.3, -0.25) is 4.90 Å². The topological polar surface area (TPSA) is 15.3 Å². The molecule has 0 aromatic carbocycles. The van der Waals surface area contributed by atoms with E-state index in [-0.39, 0.29) is 0 Å². The van der Waals surface area contributed by atoms with Gasteiger partial charge < -0.3 is 5.32 Å². The molecule has 1 heterocycles. The molecule has 0 radical (unpaired) electrons. The molecule has 0 aliphatic carbocycles. The van der Waals surface area contributed by atoms with Crippen molar-refractivity contribution in [3.05, 3.63) is 0 Å². The fourth-order valence-electron chi connectivity index (χ4n) is 3.38. The van der Waals surface area contributed by atoms with Gasteiger partial charge in [-0.15, -0.1) is 0 Å². The maximum atomic E-state index is 3.70. The summed E-state index contributed by atoms with van der Waals surface area (Å²) in [7, 11) is 0. The van der Waals surface area contributed by atoms with Gasteiger partial charge >= 0.3 is 0 Å². The second kappa shape index (κ2) is 8.97. The third kappa shape index (κ3) is 6.76. The molecule has 0 aromatic rings. The lowest BCUT2D eigenvalue weighted by Crippen LogP contribution is -2.47. The number of nitrogens with zero attached hydrogens (tertiary/aromatic N) is 1. The number of likely N-dealkylation sites (N-methyl/N-ethyl adjacent to an activating group) is 1. The molecule has 0 bridgehead atoms. The van der Waals surface area contributed by atoms with Gasteiger partial charge in [0.1, 0.15) is 0 Å². The summed E-state index contributed by atoms with van der Waals surface area (Å²) in [4.78, 5) is 2.74. The molecule has 1 saturated heterocycles. The van der Waals surface area contributed by atoms with Crippen LogP contribution in [0, 0.1) is 11.8 Å². The van der Waals surface area contributed by atoms with Gasteiger partial charge in [0.05, 0.1) is 0 Å². The largest absolute Gasteiger partial charge is 0.313 e. The Bertz CT molecular complexity index is 209. The van der Waals surface area contributed by atoms with Crippen LogP contribution in [0.5, 0.6) is 0 Å². The first-order valence-electron chi connectivity index (χ1n) is 8.50. The van der Waals surface area contributed by atoms with E-state index in [1.165, 1.54) is 51.7 Å². The van der Waals surface area contributed by atoms with Crippen LogP contribution in [0.3, 0.4) is 0 Å². The highest BCUT2D eigenvalue weighted by atomic mass is 15.2. The summed E-state index contributed by atoms with van der Waals surface area (Å²) >= 11 is 0. The highest BCUT2D eigenvalue weighted by Crippen LogP contribution is 2.20. The van der Waals surface area contributed by atoms with Crippen LogP contribution in [0.2, 0.25) is 0 Å². The summed E-state index contributed by atoms with van der Waals surface area (Å²) in [6.45, 7) is 15.4. The minimum atomic E-state index is 0.732. The number of piperidine rings is 1. The first-order chi connectivity index (χ1) is 9.02. The predicted octanol–water partition coefficient (Wildman–Crippen LogP) is 3.91. The number of nitrogens with one attached hydrogen (secondary N) is 1. The molecule has 0 amide bonds. The lowest BCUT2D eigenvalue weighted by atomic mass is 9.93. The zero-order valence-corrected chi connectivity index (χ0v) is 13.9. The van der Waals surface area contributed by atoms with Crippen LogP contribution >= 0.6 is 0 Å². The zero-order chi connectivity index (χ0) is 14.3. The summed E-state index contributed by atoms with van der Waals surface area (Å²) in [6.07, 6.45) is 6.84. The third-order valence-corrected chi connectivity index (χ3v) is 4.28. The molecule has 0 aromatic heterocycles. The molecule has 0 saturated carbocycles. The number of rotatable bonds is 8. The molecular formula is C17H36N2. The Balaban J connectivity index is 2.54. The Morgan fingerprint density at radius 3 is 2.11 bits per heavy atom. The van der Waals surface area contributed by atoms with E-state index in [1.54, 1.807) is 0 Å². The van der Waals surface area contributed by atoms with Crippen LogP contribution in [-0.2, 0) is 0 Å². The standard InChI is InChI=1S/C17H36N2/c1-6-19(13-16-9-7-8-10-18-16)17(11-14(2)3)12-15(4)5/h14-18H,6-13H2,1-5H3. The van der Waals surface area contributed by atoms with Crippen molar-refractivity contribution in [1.29, 1.82) is 0 Å². The third-order valence-electron chi connectivity index (χ3n) is 4.28. The highest BCUT2D eigenvalue weighted by molar-refractivity contribution is 4.81. The van der Waals surface area contributed by atoms with E-state index >= 15 is 0 Å². The quantitative estimate of drug-likeness (QED) is 0.718. The maximum absolute atomic E-state index is 3.70. The van der Waals surface area contributed by atoms with E-state index in [0.29, 0.717) is 0 Å². The van der Waals surface area contributed by atoms with Crippen LogP contribution in [0.4, 0.5) is 0 Å². The van der Waals surface area contributed by atoms with E-state index in [0.717, 1.165) is 23.9 Å². The molecular weight excluding hydrogens is 232 g/mol. The normalized spacial score (nSPS) is 21.0. The van der Waals surface area contributed by atoms with Crippen molar-refractivity contribution in [2.45, 2.75) is 78.8 Å². The van der Waals surface area contributed by atoms with Gasteiger partial charge in [0, 0.05) is 18.6 Å². The second-order valence-corrected chi connectivity index (χ2v) is 7.15. The summed E-state index contributed by atoms with van der Waals surface area (Å²) in [5.41, 5.74) is 0. The second-order valence-electron chi connectivity index (χ2n) is 7.15. The summed E-state index contributed by atoms with van der Waals surface area (Å²) in [5, 5.41) is 3.70. The molecule has 1 aliphatic heterocycles. The van der Waals surface area contributed by atoms with Gasteiger partial charge in [-0.2, -0.15) is 0 Å². The SMILES string of the molecule is CCN(CC1CCCCN1)C(CC(C)C)CC(C)C. The molecule has 1 aliphatic rings. The minimum absolute atomic E-state index is 0.732. The van der Waals surface area contributed by atoms with Crippen molar-refractivity contribution in [2.75, 3.05) is 19.6 Å². The van der Waals surface area contributed by atoms with E-state index < -0.39 is 0 Å². The fourth-order valence-corrected chi connectivity index (χ4v) is 3.38. The van der Waals surface area contributed by atoms with Crippen LogP contribution in [-0.4, -0.2) is 36.6 Å². The Labute approximate surface area is 121 Å². The molecule has 114 valence electrons. The lowest BCUT2D eigenvalue weighted by Gasteiger charge is -2.37. The van der Waals surface area contributed by atoms with Crippen molar-refractivity contribution in [3.8, 4) is 0 Å². The van der Waals surface area contributed by atoms with Crippen LogP contribution < -0.4 is 5.32 Å². The molecule has 2 nitrogen and oxygen atoms in total. The fraction of sp³-hybridized carbons (Fsp3) is 1.00. The summed E-state index contributed by atoms with van der Waals surface area (Å²) in [6, 6.07) is 1.50. The average molecular weight is 268 g/mol. The number of hydrogen-bond acceptors (Lipinski definition) is 2. The Morgan fingerprint density at radius 1 is 1.05 bits per heavy atom. The van der Waals surface area contributed by atoms with Crippen molar-refractivity contribution in [3.63, 3.8) is 0 Å². The minimum Gasteiger partial charge on any atom is -0.313 e. The maximum Gasteiger partial charge on any atom is 0.0195 e. The lowest BCUT2D eigenvalue weighted by molar-refractivity contribution is 0.137. The molecule has 2 heteroatoms. The van der Waals surface area contributed by atoms with Gasteiger partial charge in [-0.25, -0.2) is 0 Å². The Morgan fingerprint density at radius 2 is 1.68 bits per heavy atom. The van der Waals surface area contributed by atoms with Crippen molar-refractivity contribution >= 4 is 0 Å². The van der Waals surface area contributed by atoms with Gasteiger partial charge in [0.25, 0.3) is 0 Å². The van der Waals surface area contributed by atoms with Gasteiger partial charge in [-0.1, -0.05) is 41.0 Å². The number of hydrogen-bond donors (Lipinski definition) is 1. The zero-order valence-electron chi connectivity index (χ0n) is 13.9. The van der Waals surface area contributed by atoms with Gasteiger partial charge in [0.2, 0.25) is 0 Å². The Kier molecular flexibility index (Phi) is 8.01. The Hall–Kier alpha value is -0.0800. The molecule has 1 atom stereocenters. The molecule has 19 heavy (non-hydrogen) atoms. The van der Waals surface area contributed by atoms with E-state index in [4.69, 9.17) is 0 Å². The van der Waals surface area contributed by atoms with Gasteiger partial charge in [-0.05, 0) is 50.6 Å². The van der Waals surface area contributed by atoms with Crippen molar-refractivity contribution < 1.29 is 0 Å². The van der Waals surface area contributed by atoms with Crippen LogP contribution in [0.15, 0.2) is 0 Å². The predicted molar refractivity (Wildman–Crippen MR) is 85.6 cm³/mol. The molecule has 1 rings (SSSR count). The van der Waals surface area contributed by atoms with Gasteiger partial charge in [0.15, 0.2) is 0 Å². The highest BCUT2D eigenvalue weighted by Gasteiger charge is 2.23. The first kappa shape index (κ1) is 17.0. The van der Waals surface area contributed by atoms with Crippen LogP contribution in [0.25, 0.3) is 0 Å². The monoisotopic (exact) mass is 268 g/mol. The van der Waals surface area contributed by atoms with E-state index in [9.17, 15) is 0 Å². The summed E-state index contributed by atoms with van der Waals surface area (Å²) in [5.74, 6) is 1.61. The van der Waals surface area contributed by atoms with Crippen LogP contribution in [0.1, 0.15) is 66.7 Å². The summed E-state index contributed by atoms with van der Waals surface area (Å²) < 4.78 is 0. The average Bonchev–Trinajstić information content (AvgIpc) is 2.35. The molecule has 1 fully saturated rings. The molecule has 0 spiro atoms. The van der Waals surface area contributed by atoms with E-state index in [1.807, 2.05) is 0 Å². The smallest absolute Gasteiger partial charge is 0.0195 e. The first-order valence-corrected chi connectivity index (χ1v) is 8.50. The van der Waals surface area contributed by atoms with E-state index in [2.05, 4.69) is 44.8 Å². The van der Waals surface area contributed by atoms with Crippen molar-refractivity contribution in [1.82, 2.24) is 10.2 Å². The molecule has 1 unspecified atom stereocenters.